The zero-order valence-electron chi connectivity index (χ0n) is 19.4. The van der Waals surface area contributed by atoms with Crippen molar-refractivity contribution in [3.63, 3.8) is 0 Å². The molecule has 2 saturated heterocycles. The molecule has 2 aliphatic heterocycles. The summed E-state index contributed by atoms with van der Waals surface area (Å²) in [5.41, 5.74) is 0. The SMILES string of the molecule is O=C(C[C@H]1O[C@H](CO)[C@@H](O[C@@H]2O[C@H](CO)[C@@H](O)[C@H](O)[C@H]2O)[C@H](O)[C@H]1O)C(F)(F)OC(F)(F)C(F)(F)OC(F)(F)F. The number of aliphatic hydroxyl groups is 7. The molecular formula is C18H23F9O13. The van der Waals surface area contributed by atoms with Gasteiger partial charge in [0, 0.05) is 6.42 Å². The topological polar surface area (TPSA) is 205 Å². The van der Waals surface area contributed by atoms with Crippen LogP contribution in [-0.4, -0.2) is 141 Å². The molecule has 0 aromatic heterocycles. The number of carbonyl (C=O) groups excluding carboxylic acids is 1. The van der Waals surface area contributed by atoms with E-state index in [2.05, 4.69) is 4.74 Å². The third-order valence-electron chi connectivity index (χ3n) is 5.65. The summed E-state index contributed by atoms with van der Waals surface area (Å²) in [6.07, 6.45) is -48.2. The van der Waals surface area contributed by atoms with Crippen molar-refractivity contribution in [1.29, 1.82) is 0 Å². The minimum absolute atomic E-state index is 0.922. The Morgan fingerprint density at radius 2 is 1.15 bits per heavy atom. The maximum Gasteiger partial charge on any atom is 0.527 e. The molecule has 0 aromatic carbocycles. The van der Waals surface area contributed by atoms with Gasteiger partial charge >= 0.3 is 24.7 Å². The van der Waals surface area contributed by atoms with E-state index in [4.69, 9.17) is 14.2 Å². The highest BCUT2D eigenvalue weighted by atomic mass is 19.4. The van der Waals surface area contributed by atoms with E-state index < -0.39 is 111 Å². The van der Waals surface area contributed by atoms with Crippen molar-refractivity contribution in [2.45, 2.75) is 92.3 Å². The molecule has 0 saturated carbocycles. The molecule has 0 bridgehead atoms. The van der Waals surface area contributed by atoms with E-state index in [1.54, 1.807) is 4.74 Å². The number of Topliss-reactive ketones (excluding diaryl/α,β-unsaturated/α-hetero) is 1. The minimum Gasteiger partial charge on any atom is -0.394 e. The summed E-state index contributed by atoms with van der Waals surface area (Å²) in [5.74, 6) is -2.86. The summed E-state index contributed by atoms with van der Waals surface area (Å²) < 4.78 is 136. The second-order valence-electron chi connectivity index (χ2n) is 8.50. The van der Waals surface area contributed by atoms with Crippen molar-refractivity contribution in [1.82, 2.24) is 0 Å². The van der Waals surface area contributed by atoms with Gasteiger partial charge in [0.1, 0.15) is 48.8 Å². The van der Waals surface area contributed by atoms with Crippen LogP contribution in [0, 0.1) is 0 Å². The van der Waals surface area contributed by atoms with E-state index in [1.165, 1.54) is 0 Å². The number of halogens is 9. The largest absolute Gasteiger partial charge is 0.527 e. The first kappa shape index (κ1) is 34.8. The number of ketones is 1. The number of hydrogen-bond acceptors (Lipinski definition) is 13. The minimum atomic E-state index is -6.73. The summed E-state index contributed by atoms with van der Waals surface area (Å²) in [6, 6.07) is 0. The van der Waals surface area contributed by atoms with E-state index in [1.807, 2.05) is 0 Å². The highest BCUT2D eigenvalue weighted by Gasteiger charge is 2.69. The van der Waals surface area contributed by atoms with Gasteiger partial charge in [0.25, 0.3) is 0 Å². The molecule has 0 amide bonds. The van der Waals surface area contributed by atoms with Crippen LogP contribution in [0.15, 0.2) is 0 Å². The first-order valence-corrected chi connectivity index (χ1v) is 10.8. The molecular weight excluding hydrogens is 595 g/mol. The molecule has 0 unspecified atom stereocenters. The molecule has 10 atom stereocenters. The predicted octanol–water partition coefficient (Wildman–Crippen LogP) is -2.06. The average molecular weight is 618 g/mol. The fraction of sp³-hybridized carbons (Fsp3) is 0.944. The molecule has 40 heavy (non-hydrogen) atoms. The van der Waals surface area contributed by atoms with E-state index >= 15 is 0 Å². The molecule has 0 aromatic rings. The zero-order chi connectivity index (χ0) is 31.0. The van der Waals surface area contributed by atoms with Gasteiger partial charge in [-0.25, -0.2) is 9.47 Å². The average Bonchev–Trinajstić information content (AvgIpc) is 2.81. The van der Waals surface area contributed by atoms with Crippen LogP contribution in [0.5, 0.6) is 0 Å². The third kappa shape index (κ3) is 7.69. The Hall–Kier alpha value is -1.44. The summed E-state index contributed by atoms with van der Waals surface area (Å²) in [4.78, 5) is 11.8. The molecule has 22 heteroatoms. The lowest BCUT2D eigenvalue weighted by molar-refractivity contribution is -0.523. The monoisotopic (exact) mass is 618 g/mol. The van der Waals surface area contributed by atoms with E-state index in [9.17, 15) is 80.1 Å². The second-order valence-corrected chi connectivity index (χ2v) is 8.50. The molecule has 13 nitrogen and oxygen atoms in total. The highest BCUT2D eigenvalue weighted by Crippen LogP contribution is 2.44. The summed E-state index contributed by atoms with van der Waals surface area (Å²) in [5, 5.41) is 68.8. The van der Waals surface area contributed by atoms with E-state index in [0.29, 0.717) is 0 Å². The van der Waals surface area contributed by atoms with Gasteiger partial charge in [0.05, 0.1) is 19.3 Å². The molecule has 2 fully saturated rings. The first-order chi connectivity index (χ1) is 18.1. The highest BCUT2D eigenvalue weighted by molar-refractivity contribution is 5.84. The zero-order valence-corrected chi connectivity index (χ0v) is 19.4. The van der Waals surface area contributed by atoms with Gasteiger partial charge in [-0.15, -0.1) is 13.2 Å². The number of aliphatic hydroxyl groups excluding tert-OH is 7. The predicted molar refractivity (Wildman–Crippen MR) is 99.1 cm³/mol. The van der Waals surface area contributed by atoms with Crippen LogP contribution in [0.25, 0.3) is 0 Å². The number of alkyl halides is 9. The van der Waals surface area contributed by atoms with Gasteiger partial charge in [-0.1, -0.05) is 0 Å². The Bertz CT molecular complexity index is 860. The number of ether oxygens (including phenoxy) is 5. The molecule has 2 rings (SSSR count). The van der Waals surface area contributed by atoms with Crippen LogP contribution in [0.4, 0.5) is 39.5 Å². The Morgan fingerprint density at radius 1 is 0.650 bits per heavy atom. The van der Waals surface area contributed by atoms with Crippen LogP contribution in [0.3, 0.4) is 0 Å². The van der Waals surface area contributed by atoms with Crippen molar-refractivity contribution in [2.24, 2.45) is 0 Å². The second kappa shape index (κ2) is 12.4. The number of rotatable bonds is 11. The fourth-order valence-corrected chi connectivity index (χ4v) is 3.62. The van der Waals surface area contributed by atoms with Gasteiger partial charge in [-0.05, 0) is 0 Å². The van der Waals surface area contributed by atoms with Gasteiger partial charge in [-0.2, -0.15) is 26.3 Å². The quantitative estimate of drug-likeness (QED) is 0.125. The Kier molecular flexibility index (Phi) is 10.8. The van der Waals surface area contributed by atoms with Crippen LogP contribution in [0.2, 0.25) is 0 Å². The molecule has 2 aliphatic rings. The maximum atomic E-state index is 13.9. The third-order valence-corrected chi connectivity index (χ3v) is 5.65. The standard InChI is InChI=1S/C18H23F9O13/c19-15(20,39-16(21,22)17(23,24)40-18(25,26)27)7(30)1-4-8(31)11(34)13(6(3-29)36-4)38-14-12(35)10(33)9(32)5(2-28)37-14/h4-6,8-14,28-29,31-35H,1-3H2/t4-,5-,6-,8+,9-,10+,11-,12-,13-,14+/m1/s1. The lowest BCUT2D eigenvalue weighted by atomic mass is 9.92. The summed E-state index contributed by atoms with van der Waals surface area (Å²) in [7, 11) is 0. The number of hydrogen-bond donors (Lipinski definition) is 7. The van der Waals surface area contributed by atoms with Crippen LogP contribution >= 0.6 is 0 Å². The van der Waals surface area contributed by atoms with E-state index in [0.717, 1.165) is 0 Å². The Morgan fingerprint density at radius 3 is 1.65 bits per heavy atom. The fourth-order valence-electron chi connectivity index (χ4n) is 3.62. The first-order valence-electron chi connectivity index (χ1n) is 10.8. The van der Waals surface area contributed by atoms with Gasteiger partial charge in [0.2, 0.25) is 5.78 Å². The summed E-state index contributed by atoms with van der Waals surface area (Å²) in [6.45, 7) is -2.13. The number of carbonyl (C=O) groups is 1. The molecule has 0 radical (unpaired) electrons. The lowest BCUT2D eigenvalue weighted by Crippen LogP contribution is -2.64. The Balaban J connectivity index is 2.14. The van der Waals surface area contributed by atoms with Crippen molar-refractivity contribution in [3.05, 3.63) is 0 Å². The maximum absolute atomic E-state index is 13.9. The van der Waals surface area contributed by atoms with Gasteiger partial charge in [-0.3, -0.25) is 4.79 Å². The van der Waals surface area contributed by atoms with E-state index in [-0.39, 0.29) is 0 Å². The normalized spacial score (nSPS) is 36.5. The molecule has 7 N–H and O–H groups in total. The molecule has 236 valence electrons. The van der Waals surface area contributed by atoms with Crippen molar-refractivity contribution >= 4 is 5.78 Å². The molecule has 0 aliphatic carbocycles. The smallest absolute Gasteiger partial charge is 0.394 e. The van der Waals surface area contributed by atoms with Crippen LogP contribution in [-0.2, 0) is 28.5 Å². The van der Waals surface area contributed by atoms with Crippen molar-refractivity contribution < 1.29 is 104 Å². The summed E-state index contributed by atoms with van der Waals surface area (Å²) >= 11 is 0. The van der Waals surface area contributed by atoms with Gasteiger partial charge < -0.3 is 50.0 Å². The Labute approximate surface area is 216 Å². The molecule has 2 heterocycles. The lowest BCUT2D eigenvalue weighted by Gasteiger charge is -2.46. The van der Waals surface area contributed by atoms with Crippen LogP contribution < -0.4 is 0 Å². The van der Waals surface area contributed by atoms with Crippen molar-refractivity contribution in [3.8, 4) is 0 Å². The molecule has 0 spiro atoms. The van der Waals surface area contributed by atoms with Crippen molar-refractivity contribution in [2.75, 3.05) is 13.2 Å². The van der Waals surface area contributed by atoms with Crippen LogP contribution in [0.1, 0.15) is 6.42 Å². The van der Waals surface area contributed by atoms with Gasteiger partial charge in [0.15, 0.2) is 6.29 Å².